The van der Waals surface area contributed by atoms with Crippen LogP contribution in [0.2, 0.25) is 5.02 Å². The molecule has 0 aromatic heterocycles. The van der Waals surface area contributed by atoms with E-state index in [0.29, 0.717) is 33.3 Å². The first-order valence-corrected chi connectivity index (χ1v) is 9.73. The molecule has 0 saturated heterocycles. The number of hydrogen-bond acceptors (Lipinski definition) is 4. The molecule has 0 saturated carbocycles. The van der Waals surface area contributed by atoms with Crippen LogP contribution in [0.4, 0.5) is 11.4 Å². The van der Waals surface area contributed by atoms with Crippen LogP contribution in [0.5, 0.6) is 5.75 Å². The van der Waals surface area contributed by atoms with E-state index in [4.69, 9.17) is 16.3 Å². The molecule has 1 heterocycles. The minimum atomic E-state index is -0.429. The zero-order chi connectivity index (χ0) is 21.3. The van der Waals surface area contributed by atoms with Gasteiger partial charge in [-0.05, 0) is 48.4 Å². The number of benzene rings is 3. The van der Waals surface area contributed by atoms with Crippen molar-refractivity contribution in [3.8, 4) is 5.75 Å². The molecule has 1 aliphatic heterocycles. The summed E-state index contributed by atoms with van der Waals surface area (Å²) in [6.07, 6.45) is 0. The summed E-state index contributed by atoms with van der Waals surface area (Å²) in [5.41, 5.74) is 3.22. The molecule has 0 spiro atoms. The number of aryl methyl sites for hydroxylation is 1. The normalized spacial score (nSPS) is 13.8. The van der Waals surface area contributed by atoms with Gasteiger partial charge in [0.15, 0.2) is 0 Å². The molecule has 3 aromatic carbocycles. The summed E-state index contributed by atoms with van der Waals surface area (Å²) in [5, 5.41) is 3.77. The number of carbonyl (C=O) groups is 2. The highest BCUT2D eigenvalue weighted by Crippen LogP contribution is 2.35. The van der Waals surface area contributed by atoms with Crippen molar-refractivity contribution in [3.63, 3.8) is 0 Å². The fourth-order valence-electron chi connectivity index (χ4n) is 3.40. The number of hydrogen-bond donors (Lipinski definition) is 1. The van der Waals surface area contributed by atoms with Crippen LogP contribution in [0.1, 0.15) is 11.1 Å². The molecule has 0 bridgehead atoms. The standard InChI is InChI=1S/C24H19ClN2O3/c1-15-13-17(25)11-12-20(15)26-22-21(16-7-4-3-5-8-16)23(28)27(24(22)29)18-9-6-10-19(14-18)30-2/h3-14,26H,1-2H3. The van der Waals surface area contributed by atoms with Gasteiger partial charge in [0.25, 0.3) is 11.8 Å². The van der Waals surface area contributed by atoms with Crippen molar-refractivity contribution >= 4 is 40.4 Å². The zero-order valence-corrected chi connectivity index (χ0v) is 17.2. The van der Waals surface area contributed by atoms with E-state index in [2.05, 4.69) is 5.32 Å². The summed E-state index contributed by atoms with van der Waals surface area (Å²) >= 11 is 6.06. The molecule has 4 rings (SSSR count). The van der Waals surface area contributed by atoms with Crippen molar-refractivity contribution in [1.82, 2.24) is 0 Å². The van der Waals surface area contributed by atoms with Crippen molar-refractivity contribution in [2.45, 2.75) is 6.92 Å². The SMILES string of the molecule is COc1cccc(N2C(=O)C(Nc3ccc(Cl)cc3C)=C(c3ccccc3)C2=O)c1. The van der Waals surface area contributed by atoms with Gasteiger partial charge in [-0.25, -0.2) is 4.90 Å². The number of methoxy groups -OCH3 is 1. The zero-order valence-electron chi connectivity index (χ0n) is 16.5. The Kier molecular flexibility index (Phi) is 5.29. The quantitative estimate of drug-likeness (QED) is 0.589. The van der Waals surface area contributed by atoms with Gasteiger partial charge in [-0.1, -0.05) is 48.0 Å². The van der Waals surface area contributed by atoms with Gasteiger partial charge in [-0.3, -0.25) is 9.59 Å². The molecular formula is C24H19ClN2O3. The van der Waals surface area contributed by atoms with Gasteiger partial charge in [0.1, 0.15) is 11.4 Å². The maximum absolute atomic E-state index is 13.4. The van der Waals surface area contributed by atoms with Crippen LogP contribution in [0.15, 0.2) is 78.5 Å². The molecule has 0 unspecified atom stereocenters. The summed E-state index contributed by atoms with van der Waals surface area (Å²) in [5.74, 6) is -0.264. The Morgan fingerprint density at radius 2 is 1.67 bits per heavy atom. The summed E-state index contributed by atoms with van der Waals surface area (Å²) in [7, 11) is 1.54. The minimum Gasteiger partial charge on any atom is -0.497 e. The number of halogens is 1. The lowest BCUT2D eigenvalue weighted by Gasteiger charge is -2.16. The minimum absolute atomic E-state index is 0.222. The summed E-state index contributed by atoms with van der Waals surface area (Å²) < 4.78 is 5.25. The second kappa shape index (κ2) is 8.05. The molecule has 6 heteroatoms. The Balaban J connectivity index is 1.82. The van der Waals surface area contributed by atoms with Crippen LogP contribution in [0.3, 0.4) is 0 Å². The maximum atomic E-state index is 13.4. The highest BCUT2D eigenvalue weighted by atomic mass is 35.5. The Morgan fingerprint density at radius 1 is 0.900 bits per heavy atom. The van der Waals surface area contributed by atoms with Crippen molar-refractivity contribution in [3.05, 3.63) is 94.6 Å². The lowest BCUT2D eigenvalue weighted by atomic mass is 10.0. The van der Waals surface area contributed by atoms with E-state index < -0.39 is 11.8 Å². The monoisotopic (exact) mass is 418 g/mol. The molecule has 5 nitrogen and oxygen atoms in total. The molecule has 1 aliphatic rings. The first kappa shape index (κ1) is 19.7. The van der Waals surface area contributed by atoms with Crippen molar-refractivity contribution < 1.29 is 14.3 Å². The van der Waals surface area contributed by atoms with E-state index in [1.807, 2.05) is 37.3 Å². The first-order chi connectivity index (χ1) is 14.5. The molecule has 30 heavy (non-hydrogen) atoms. The van der Waals surface area contributed by atoms with Crippen molar-refractivity contribution in [2.75, 3.05) is 17.3 Å². The largest absolute Gasteiger partial charge is 0.497 e. The van der Waals surface area contributed by atoms with Gasteiger partial charge in [0, 0.05) is 16.8 Å². The second-order valence-corrected chi connectivity index (χ2v) is 7.28. The Hall–Kier alpha value is -3.57. The third-order valence-corrected chi connectivity index (χ3v) is 5.14. The number of carbonyl (C=O) groups excluding carboxylic acids is 2. The third-order valence-electron chi connectivity index (χ3n) is 4.91. The van der Waals surface area contributed by atoms with E-state index in [9.17, 15) is 9.59 Å². The van der Waals surface area contributed by atoms with Crippen molar-refractivity contribution in [1.29, 1.82) is 0 Å². The van der Waals surface area contributed by atoms with E-state index in [1.165, 1.54) is 12.0 Å². The van der Waals surface area contributed by atoms with Gasteiger partial charge in [-0.15, -0.1) is 0 Å². The molecule has 0 radical (unpaired) electrons. The number of nitrogens with zero attached hydrogens (tertiary/aromatic N) is 1. The van der Waals surface area contributed by atoms with Crippen LogP contribution in [0.25, 0.3) is 5.57 Å². The molecular weight excluding hydrogens is 400 g/mol. The lowest BCUT2D eigenvalue weighted by Crippen LogP contribution is -2.32. The van der Waals surface area contributed by atoms with E-state index in [-0.39, 0.29) is 5.70 Å². The van der Waals surface area contributed by atoms with Crippen LogP contribution < -0.4 is 15.0 Å². The van der Waals surface area contributed by atoms with E-state index in [1.54, 1.807) is 42.5 Å². The smallest absolute Gasteiger partial charge is 0.282 e. The van der Waals surface area contributed by atoms with Gasteiger partial charge in [-0.2, -0.15) is 0 Å². The van der Waals surface area contributed by atoms with Crippen molar-refractivity contribution in [2.24, 2.45) is 0 Å². The fourth-order valence-corrected chi connectivity index (χ4v) is 3.63. The number of nitrogens with one attached hydrogen (secondary N) is 1. The van der Waals surface area contributed by atoms with Gasteiger partial charge >= 0.3 is 0 Å². The van der Waals surface area contributed by atoms with Crippen LogP contribution in [-0.2, 0) is 9.59 Å². The Labute approximate surface area is 179 Å². The van der Waals surface area contributed by atoms with Crippen LogP contribution in [0, 0.1) is 6.92 Å². The number of ether oxygens (including phenoxy) is 1. The first-order valence-electron chi connectivity index (χ1n) is 9.35. The highest BCUT2D eigenvalue weighted by Gasteiger charge is 2.40. The molecule has 150 valence electrons. The molecule has 3 aromatic rings. The predicted octanol–water partition coefficient (Wildman–Crippen LogP) is 5.05. The predicted molar refractivity (Wildman–Crippen MR) is 119 cm³/mol. The second-order valence-electron chi connectivity index (χ2n) is 6.85. The lowest BCUT2D eigenvalue weighted by molar-refractivity contribution is -0.120. The van der Waals surface area contributed by atoms with Crippen LogP contribution in [-0.4, -0.2) is 18.9 Å². The molecule has 0 atom stereocenters. The Bertz CT molecular complexity index is 1170. The summed E-state index contributed by atoms with van der Waals surface area (Å²) in [4.78, 5) is 28.0. The topological polar surface area (TPSA) is 58.6 Å². The number of imide groups is 1. The Morgan fingerprint density at radius 3 is 2.37 bits per heavy atom. The highest BCUT2D eigenvalue weighted by molar-refractivity contribution is 6.46. The van der Waals surface area contributed by atoms with E-state index >= 15 is 0 Å². The van der Waals surface area contributed by atoms with Gasteiger partial charge in [0.2, 0.25) is 0 Å². The number of amides is 2. The average molecular weight is 419 g/mol. The average Bonchev–Trinajstić information content (AvgIpc) is 3.00. The number of rotatable bonds is 5. The molecule has 1 N–H and O–H groups in total. The maximum Gasteiger partial charge on any atom is 0.282 e. The summed E-state index contributed by atoms with van der Waals surface area (Å²) in [6.45, 7) is 1.89. The molecule has 0 fully saturated rings. The number of anilines is 2. The van der Waals surface area contributed by atoms with Gasteiger partial charge < -0.3 is 10.1 Å². The summed E-state index contributed by atoms with van der Waals surface area (Å²) in [6, 6.07) is 21.3. The molecule has 2 amide bonds. The van der Waals surface area contributed by atoms with Crippen LogP contribution >= 0.6 is 11.6 Å². The third kappa shape index (κ3) is 3.55. The van der Waals surface area contributed by atoms with Gasteiger partial charge in [0.05, 0.1) is 18.4 Å². The fraction of sp³-hybridized carbons (Fsp3) is 0.0833. The van der Waals surface area contributed by atoms with E-state index in [0.717, 1.165) is 5.56 Å². The molecule has 0 aliphatic carbocycles.